The van der Waals surface area contributed by atoms with E-state index in [2.05, 4.69) is 36.8 Å². The molecule has 112 valence electrons. The molecule has 0 amide bonds. The van der Waals surface area contributed by atoms with E-state index in [9.17, 15) is 10.1 Å². The predicted octanol–water partition coefficient (Wildman–Crippen LogP) is 2.31. The van der Waals surface area contributed by atoms with Crippen molar-refractivity contribution in [3.05, 3.63) is 38.1 Å². The van der Waals surface area contributed by atoms with Crippen molar-refractivity contribution >= 4 is 21.6 Å². The summed E-state index contributed by atoms with van der Waals surface area (Å²) in [5.41, 5.74) is 1.15. The van der Waals surface area contributed by atoms with Gasteiger partial charge in [-0.25, -0.2) is 0 Å². The molecule has 0 saturated heterocycles. The van der Waals surface area contributed by atoms with Crippen molar-refractivity contribution in [2.45, 2.75) is 26.8 Å². The molecule has 1 aromatic carbocycles. The number of nitro groups is 1. The summed E-state index contributed by atoms with van der Waals surface area (Å²) in [5.74, 6) is 0.593. The van der Waals surface area contributed by atoms with Crippen molar-refractivity contribution in [3.8, 4) is 5.69 Å². The van der Waals surface area contributed by atoms with Crippen LogP contribution in [0.25, 0.3) is 5.69 Å². The van der Waals surface area contributed by atoms with Crippen molar-refractivity contribution in [3.63, 3.8) is 0 Å². The molecule has 0 aliphatic heterocycles. The molecule has 1 aromatic heterocycles. The molecule has 2 aromatic rings. The zero-order chi connectivity index (χ0) is 15.6. The van der Waals surface area contributed by atoms with Crippen LogP contribution < -0.4 is 5.32 Å². The Balaban J connectivity index is 2.55. The van der Waals surface area contributed by atoms with E-state index in [-0.39, 0.29) is 11.7 Å². The van der Waals surface area contributed by atoms with E-state index in [1.807, 2.05) is 13.8 Å². The topological polar surface area (TPSA) is 98.8 Å². The molecule has 0 fully saturated rings. The smallest absolute Gasteiger partial charge is 0.274 e. The number of rotatable bonds is 5. The predicted molar refractivity (Wildman–Crippen MR) is 80.3 cm³/mol. The van der Waals surface area contributed by atoms with Gasteiger partial charge in [0.15, 0.2) is 5.82 Å². The fourth-order valence-corrected chi connectivity index (χ4v) is 2.67. The molecule has 0 aliphatic carbocycles. The van der Waals surface area contributed by atoms with Crippen molar-refractivity contribution in [2.24, 2.45) is 0 Å². The SMILES string of the molecule is CCNC(C)c1nnnn1-c1cc([N+](=O)[O-])c(C)cc1Br. The number of benzene rings is 1. The Labute approximate surface area is 129 Å². The van der Waals surface area contributed by atoms with E-state index in [0.717, 1.165) is 6.54 Å². The van der Waals surface area contributed by atoms with Gasteiger partial charge in [-0.3, -0.25) is 10.1 Å². The van der Waals surface area contributed by atoms with Gasteiger partial charge in [0.05, 0.1) is 16.7 Å². The number of aryl methyl sites for hydroxylation is 1. The van der Waals surface area contributed by atoms with Crippen LogP contribution in [0.1, 0.15) is 31.3 Å². The summed E-state index contributed by atoms with van der Waals surface area (Å²) in [5, 5.41) is 25.9. The maximum Gasteiger partial charge on any atom is 0.274 e. The molecule has 21 heavy (non-hydrogen) atoms. The zero-order valence-corrected chi connectivity index (χ0v) is 13.5. The van der Waals surface area contributed by atoms with Crippen LogP contribution in [0.2, 0.25) is 0 Å². The second-order valence-corrected chi connectivity index (χ2v) is 5.43. The number of nitrogens with one attached hydrogen (secondary N) is 1. The Morgan fingerprint density at radius 2 is 2.24 bits per heavy atom. The Hall–Kier alpha value is -1.87. The summed E-state index contributed by atoms with van der Waals surface area (Å²) < 4.78 is 2.20. The van der Waals surface area contributed by atoms with Crippen molar-refractivity contribution in [1.82, 2.24) is 25.5 Å². The standard InChI is InChI=1S/C12H15BrN6O2/c1-4-14-8(3)12-15-16-17-18(12)11-6-10(19(20)21)7(2)5-9(11)13/h5-6,8,14H,4H2,1-3H3. The van der Waals surface area contributed by atoms with E-state index in [1.165, 1.54) is 10.7 Å². The first-order valence-corrected chi connectivity index (χ1v) is 7.21. The summed E-state index contributed by atoms with van der Waals surface area (Å²) in [4.78, 5) is 10.7. The second kappa shape index (κ2) is 6.27. The maximum absolute atomic E-state index is 11.1. The van der Waals surface area contributed by atoms with Gasteiger partial charge in [-0.1, -0.05) is 6.92 Å². The van der Waals surface area contributed by atoms with E-state index >= 15 is 0 Å². The number of halogens is 1. The molecule has 0 spiro atoms. The molecule has 0 radical (unpaired) electrons. The fourth-order valence-electron chi connectivity index (χ4n) is 2.04. The van der Waals surface area contributed by atoms with Crippen LogP contribution in [0.15, 0.2) is 16.6 Å². The third kappa shape index (κ3) is 3.08. The maximum atomic E-state index is 11.1. The van der Waals surface area contributed by atoms with Gasteiger partial charge >= 0.3 is 0 Å². The summed E-state index contributed by atoms with van der Waals surface area (Å²) in [7, 11) is 0. The van der Waals surface area contributed by atoms with Gasteiger partial charge in [-0.05, 0) is 52.8 Å². The minimum atomic E-state index is -0.414. The lowest BCUT2D eigenvalue weighted by Gasteiger charge is -2.13. The van der Waals surface area contributed by atoms with Gasteiger partial charge in [0, 0.05) is 16.1 Å². The highest BCUT2D eigenvalue weighted by Crippen LogP contribution is 2.30. The largest absolute Gasteiger partial charge is 0.308 e. The summed E-state index contributed by atoms with van der Waals surface area (Å²) in [6.45, 7) is 6.37. The van der Waals surface area contributed by atoms with Gasteiger partial charge in [-0.15, -0.1) is 5.10 Å². The molecule has 8 nitrogen and oxygen atoms in total. The number of tetrazole rings is 1. The molecule has 1 atom stereocenters. The number of aromatic nitrogens is 4. The zero-order valence-electron chi connectivity index (χ0n) is 11.9. The Morgan fingerprint density at radius 1 is 1.52 bits per heavy atom. The van der Waals surface area contributed by atoms with Crippen molar-refractivity contribution in [2.75, 3.05) is 6.54 Å². The van der Waals surface area contributed by atoms with Crippen molar-refractivity contribution in [1.29, 1.82) is 0 Å². The monoisotopic (exact) mass is 354 g/mol. The summed E-state index contributed by atoms with van der Waals surface area (Å²) in [6, 6.07) is 3.09. The molecular formula is C12H15BrN6O2. The van der Waals surface area contributed by atoms with Gasteiger partial charge in [0.1, 0.15) is 0 Å². The minimum Gasteiger partial charge on any atom is -0.308 e. The lowest BCUT2D eigenvalue weighted by atomic mass is 10.2. The lowest BCUT2D eigenvalue weighted by molar-refractivity contribution is -0.385. The second-order valence-electron chi connectivity index (χ2n) is 4.58. The molecule has 0 aliphatic rings. The minimum absolute atomic E-state index is 0.0331. The quantitative estimate of drug-likeness (QED) is 0.653. The van der Waals surface area contributed by atoms with Crippen LogP contribution in [0.3, 0.4) is 0 Å². The average Bonchev–Trinajstić information content (AvgIpc) is 2.87. The first-order chi connectivity index (χ1) is 9.95. The molecule has 0 saturated carbocycles. The molecule has 1 heterocycles. The lowest BCUT2D eigenvalue weighted by Crippen LogP contribution is -2.21. The summed E-state index contributed by atoms with van der Waals surface area (Å²) in [6.07, 6.45) is 0. The number of hydrogen-bond acceptors (Lipinski definition) is 6. The van der Waals surface area contributed by atoms with E-state index in [1.54, 1.807) is 13.0 Å². The molecule has 2 rings (SSSR count). The Morgan fingerprint density at radius 3 is 2.86 bits per heavy atom. The third-order valence-electron chi connectivity index (χ3n) is 3.08. The van der Waals surface area contributed by atoms with E-state index < -0.39 is 4.92 Å². The number of nitro benzene ring substituents is 1. The first kappa shape index (κ1) is 15.5. The number of nitrogens with zero attached hydrogens (tertiary/aromatic N) is 5. The van der Waals surface area contributed by atoms with Crippen LogP contribution in [0, 0.1) is 17.0 Å². The van der Waals surface area contributed by atoms with Crippen LogP contribution in [-0.2, 0) is 0 Å². The average molecular weight is 355 g/mol. The third-order valence-corrected chi connectivity index (χ3v) is 3.72. The number of hydrogen-bond donors (Lipinski definition) is 1. The van der Waals surface area contributed by atoms with Crippen molar-refractivity contribution < 1.29 is 4.92 Å². The van der Waals surface area contributed by atoms with E-state index in [0.29, 0.717) is 21.5 Å². The summed E-state index contributed by atoms with van der Waals surface area (Å²) >= 11 is 3.41. The first-order valence-electron chi connectivity index (χ1n) is 6.42. The highest BCUT2D eigenvalue weighted by atomic mass is 79.9. The fraction of sp³-hybridized carbons (Fsp3) is 0.417. The van der Waals surface area contributed by atoms with Gasteiger partial charge in [0.2, 0.25) is 0 Å². The van der Waals surface area contributed by atoms with E-state index in [4.69, 9.17) is 0 Å². The molecule has 9 heteroatoms. The highest BCUT2D eigenvalue weighted by molar-refractivity contribution is 9.10. The van der Waals surface area contributed by atoms with Crippen LogP contribution in [-0.4, -0.2) is 31.7 Å². The van der Waals surface area contributed by atoms with Gasteiger partial charge in [-0.2, -0.15) is 4.68 Å². The van der Waals surface area contributed by atoms with Crippen LogP contribution in [0.4, 0.5) is 5.69 Å². The molecule has 0 bridgehead atoms. The molecule has 1 N–H and O–H groups in total. The van der Waals surface area contributed by atoms with Gasteiger partial charge in [0.25, 0.3) is 5.69 Å². The Bertz CT molecular complexity index is 672. The Kier molecular flexibility index (Phi) is 4.63. The highest BCUT2D eigenvalue weighted by Gasteiger charge is 2.20. The van der Waals surface area contributed by atoms with Gasteiger partial charge < -0.3 is 5.32 Å². The normalized spacial score (nSPS) is 12.4. The van der Waals surface area contributed by atoms with Crippen LogP contribution >= 0.6 is 15.9 Å². The molecule has 1 unspecified atom stereocenters. The molecular weight excluding hydrogens is 340 g/mol. The van der Waals surface area contributed by atoms with Crippen LogP contribution in [0.5, 0.6) is 0 Å².